The maximum Gasteiger partial charge on any atom is 0.326 e. The molecule has 20 nitrogen and oxygen atoms in total. The van der Waals surface area contributed by atoms with Crippen molar-refractivity contribution < 1.29 is 39.0 Å². The first kappa shape index (κ1) is 48.6. The van der Waals surface area contributed by atoms with Crippen LogP contribution in [0.1, 0.15) is 82.5 Å². The van der Waals surface area contributed by atoms with Gasteiger partial charge in [-0.3, -0.25) is 24.0 Å². The van der Waals surface area contributed by atoms with Crippen molar-refractivity contribution in [1.82, 2.24) is 40.5 Å². The van der Waals surface area contributed by atoms with E-state index in [1.54, 1.807) is 42.6 Å². The predicted molar refractivity (Wildman–Crippen MR) is 249 cm³/mol. The van der Waals surface area contributed by atoms with E-state index in [1.807, 2.05) is 18.3 Å². The minimum Gasteiger partial charge on any atom is -0.481 e. The monoisotopic (exact) mass is 900 g/mol. The lowest BCUT2D eigenvalue weighted by Gasteiger charge is -2.17. The van der Waals surface area contributed by atoms with E-state index in [4.69, 9.17) is 28.0 Å². The molecule has 0 aliphatic heterocycles. The molecular weight excluding hydrogens is 849 g/mol. The zero-order valence-corrected chi connectivity index (χ0v) is 36.4. The number of aliphatic carboxylic acids is 2. The van der Waals surface area contributed by atoms with E-state index < -0.39 is 29.9 Å². The topological polar surface area (TPSA) is 354 Å². The van der Waals surface area contributed by atoms with E-state index in [9.17, 15) is 33.9 Å². The van der Waals surface area contributed by atoms with Crippen LogP contribution >= 0.6 is 0 Å². The molecule has 0 spiro atoms. The summed E-state index contributed by atoms with van der Waals surface area (Å²) in [6.45, 7) is 10.3. The molecule has 4 heterocycles. The van der Waals surface area contributed by atoms with Crippen LogP contribution in [0.3, 0.4) is 0 Å². The minimum absolute atomic E-state index is 0.0313. The van der Waals surface area contributed by atoms with Gasteiger partial charge in [0.1, 0.15) is 34.8 Å². The van der Waals surface area contributed by atoms with E-state index in [2.05, 4.69) is 53.7 Å². The van der Waals surface area contributed by atoms with Crippen LogP contribution < -0.4 is 33.6 Å². The Morgan fingerprint density at radius 3 is 1.41 bits per heavy atom. The molecule has 6 rings (SSSR count). The minimum atomic E-state index is -1.27. The number of amides is 2. The van der Waals surface area contributed by atoms with E-state index in [0.29, 0.717) is 53.3 Å². The number of anilines is 4. The SMILES string of the molecule is C=C(CC(=O)O)C[C@H](NC(=O)c1ccc(CCc2c[nH]c3nc(N)nc(N)c23)cc1)C(=O)O.C=C(CC(C)=O)C[C@H](NC(=O)c1ccc(CCc2c[nH]c3nc(N)nc(N)c23)cc1)C(C)=O. The van der Waals surface area contributed by atoms with Crippen molar-refractivity contribution in [1.29, 1.82) is 0 Å². The van der Waals surface area contributed by atoms with Crippen LogP contribution in [0.5, 0.6) is 0 Å². The van der Waals surface area contributed by atoms with Gasteiger partial charge in [0.15, 0.2) is 5.78 Å². The van der Waals surface area contributed by atoms with Gasteiger partial charge in [-0.25, -0.2) is 4.79 Å². The molecule has 14 N–H and O–H groups in total. The fourth-order valence-corrected chi connectivity index (χ4v) is 7.15. The Balaban J connectivity index is 0.000000247. The number of aromatic nitrogens is 6. The Morgan fingerprint density at radius 2 is 1.02 bits per heavy atom. The van der Waals surface area contributed by atoms with Gasteiger partial charge in [-0.2, -0.15) is 19.9 Å². The number of Topliss-reactive ketones (excluding diaryl/α,β-unsaturated/α-hetero) is 2. The summed E-state index contributed by atoms with van der Waals surface area (Å²) in [6, 6.07) is 12.0. The Labute approximate surface area is 378 Å². The molecule has 0 aliphatic carbocycles. The largest absolute Gasteiger partial charge is 0.481 e. The maximum absolute atomic E-state index is 12.6. The van der Waals surface area contributed by atoms with Crippen molar-refractivity contribution in [2.75, 3.05) is 22.9 Å². The van der Waals surface area contributed by atoms with Crippen LogP contribution in [0.2, 0.25) is 0 Å². The predicted octanol–water partition coefficient (Wildman–Crippen LogP) is 4.03. The molecule has 4 aromatic heterocycles. The van der Waals surface area contributed by atoms with Gasteiger partial charge in [0.2, 0.25) is 11.9 Å². The number of aryl methyl sites for hydroxylation is 4. The molecular formula is C46H52N12O8. The number of carbonyl (C=O) groups excluding carboxylic acids is 4. The average Bonchev–Trinajstić information content (AvgIpc) is 3.85. The summed E-state index contributed by atoms with van der Waals surface area (Å²) < 4.78 is 0. The number of carboxylic acid groups (broad SMARTS) is 2. The summed E-state index contributed by atoms with van der Waals surface area (Å²) in [7, 11) is 0. The molecule has 0 bridgehead atoms. The van der Waals surface area contributed by atoms with Gasteiger partial charge in [-0.1, -0.05) is 48.6 Å². The molecule has 0 saturated carbocycles. The van der Waals surface area contributed by atoms with Crippen LogP contribution in [-0.2, 0) is 44.9 Å². The summed E-state index contributed by atoms with van der Waals surface area (Å²) in [5, 5.41) is 24.8. The number of rotatable bonds is 20. The van der Waals surface area contributed by atoms with Crippen LogP contribution in [0.4, 0.5) is 23.5 Å². The van der Waals surface area contributed by atoms with Crippen molar-refractivity contribution in [2.45, 2.75) is 77.3 Å². The third kappa shape index (κ3) is 13.3. The molecule has 2 amide bonds. The normalized spacial score (nSPS) is 11.8. The number of carbonyl (C=O) groups is 6. The lowest BCUT2D eigenvalue weighted by Crippen LogP contribution is -2.41. The number of hydrogen-bond donors (Lipinski definition) is 10. The first-order valence-corrected chi connectivity index (χ1v) is 20.6. The van der Waals surface area contributed by atoms with Crippen LogP contribution in [-0.4, -0.2) is 87.5 Å². The molecule has 0 aliphatic rings. The van der Waals surface area contributed by atoms with Crippen molar-refractivity contribution in [3.8, 4) is 0 Å². The van der Waals surface area contributed by atoms with Crippen LogP contribution in [0.15, 0.2) is 85.2 Å². The second kappa shape index (κ2) is 21.8. The molecule has 20 heteroatoms. The van der Waals surface area contributed by atoms with Crippen molar-refractivity contribution in [2.24, 2.45) is 0 Å². The highest BCUT2D eigenvalue weighted by Gasteiger charge is 2.23. The number of nitrogens with zero attached hydrogens (tertiary/aromatic N) is 4. The van der Waals surface area contributed by atoms with Crippen molar-refractivity contribution >= 4 is 80.9 Å². The molecule has 344 valence electrons. The number of benzene rings is 2. The molecule has 6 aromatic rings. The molecule has 2 atom stereocenters. The van der Waals surface area contributed by atoms with Gasteiger partial charge < -0.3 is 53.7 Å². The number of aromatic amines is 2. The summed E-state index contributed by atoms with van der Waals surface area (Å²) in [5.74, 6) is -2.66. The summed E-state index contributed by atoms with van der Waals surface area (Å²) >= 11 is 0. The third-order valence-corrected chi connectivity index (χ3v) is 10.4. The van der Waals surface area contributed by atoms with Gasteiger partial charge >= 0.3 is 11.9 Å². The number of nitrogens with two attached hydrogens (primary N) is 4. The number of ketones is 2. The number of fused-ring (bicyclic) bond motifs is 2. The molecule has 0 unspecified atom stereocenters. The number of nitrogens with one attached hydrogen (secondary N) is 4. The highest BCUT2D eigenvalue weighted by Crippen LogP contribution is 2.25. The Hall–Kier alpha value is -8.42. The lowest BCUT2D eigenvalue weighted by molar-refractivity contribution is -0.140. The highest BCUT2D eigenvalue weighted by atomic mass is 16.4. The fourth-order valence-electron chi connectivity index (χ4n) is 7.15. The molecule has 66 heavy (non-hydrogen) atoms. The fraction of sp³-hybridized carbons (Fsp3) is 0.261. The number of carboxylic acids is 2. The van der Waals surface area contributed by atoms with Crippen molar-refractivity contribution in [3.05, 3.63) is 119 Å². The van der Waals surface area contributed by atoms with Crippen LogP contribution in [0, 0.1) is 0 Å². The van der Waals surface area contributed by atoms with E-state index in [1.165, 1.54) is 13.8 Å². The zero-order chi connectivity index (χ0) is 48.2. The van der Waals surface area contributed by atoms with E-state index >= 15 is 0 Å². The van der Waals surface area contributed by atoms with Gasteiger partial charge in [0, 0.05) is 29.9 Å². The summed E-state index contributed by atoms with van der Waals surface area (Å²) in [5.41, 5.74) is 29.9. The first-order valence-electron chi connectivity index (χ1n) is 20.6. The number of hydrogen-bond acceptors (Lipinski definition) is 14. The van der Waals surface area contributed by atoms with E-state index in [-0.39, 0.29) is 66.2 Å². The van der Waals surface area contributed by atoms with Crippen LogP contribution in [0.25, 0.3) is 22.1 Å². The number of H-pyrrole nitrogens is 2. The van der Waals surface area contributed by atoms with Gasteiger partial charge in [0.25, 0.3) is 11.8 Å². The Kier molecular flexibility index (Phi) is 16.0. The number of nitrogen functional groups attached to an aromatic ring is 4. The van der Waals surface area contributed by atoms with Gasteiger partial charge in [-0.05, 0) is 98.9 Å². The summed E-state index contributed by atoms with van der Waals surface area (Å²) in [4.78, 5) is 92.9. The van der Waals surface area contributed by atoms with Gasteiger partial charge in [0.05, 0.1) is 23.2 Å². The summed E-state index contributed by atoms with van der Waals surface area (Å²) in [6.07, 6.45) is 6.27. The van der Waals surface area contributed by atoms with Crippen molar-refractivity contribution in [3.63, 3.8) is 0 Å². The smallest absolute Gasteiger partial charge is 0.326 e. The Bertz CT molecular complexity index is 2620. The van der Waals surface area contributed by atoms with Gasteiger partial charge in [-0.15, -0.1) is 0 Å². The standard InChI is InChI=1S/C24H28N6O3.C22H24N6O5/c1-13(10-14(2)31)11-19(15(3)32)28-23(33)17-7-4-16(5-8-17)6-9-18-12-27-22-20(18)21(25)29-24(26)30-22;1-11(9-16(29)30)8-15(21(32)33)26-20(31)13-5-2-12(3-6-13)4-7-14-10-25-19-17(14)18(23)27-22(24)28-19/h4-5,7-8,12,19H,1,6,9-11H2,2-3H3,(H,28,33)(H5,25,26,27,29,30);2-3,5-6,10,15H,1,4,7-9H2,(H,26,31)(H,29,30)(H,32,33)(H5,23,24,25,27,28)/t19-;15-/m00/s1. The molecule has 0 fully saturated rings. The molecule has 2 aromatic carbocycles. The third-order valence-electron chi connectivity index (χ3n) is 10.4. The first-order chi connectivity index (χ1) is 31.3. The Morgan fingerprint density at radius 1 is 0.606 bits per heavy atom. The molecule has 0 saturated heterocycles. The maximum atomic E-state index is 12.6. The second-order valence-corrected chi connectivity index (χ2v) is 15.8. The van der Waals surface area contributed by atoms with E-state index in [0.717, 1.165) is 39.4 Å². The average molecular weight is 901 g/mol. The zero-order valence-electron chi connectivity index (χ0n) is 36.4. The highest BCUT2D eigenvalue weighted by molar-refractivity contribution is 5.98. The lowest BCUT2D eigenvalue weighted by atomic mass is 10.00. The quantitative estimate of drug-likeness (QED) is 0.0483. The second-order valence-electron chi connectivity index (χ2n) is 15.8. The molecule has 0 radical (unpaired) electrons.